The second-order valence-corrected chi connectivity index (χ2v) is 9.35. The number of alkyl halides is 2. The second kappa shape index (κ2) is 8.41. The van der Waals surface area contributed by atoms with Crippen molar-refractivity contribution >= 4 is 16.6 Å². The summed E-state index contributed by atoms with van der Waals surface area (Å²) < 4.78 is 27.6. The normalized spacial score (nSPS) is 20.5. The van der Waals surface area contributed by atoms with Crippen LogP contribution < -0.4 is 16.6 Å². The Labute approximate surface area is 190 Å². The van der Waals surface area contributed by atoms with Crippen LogP contribution in [0.3, 0.4) is 0 Å². The maximum Gasteiger partial charge on any atom is 0.330 e. The van der Waals surface area contributed by atoms with Crippen LogP contribution in [-0.4, -0.2) is 39.5 Å². The number of halogens is 2. The lowest BCUT2D eigenvalue weighted by molar-refractivity contribution is -0.128. The van der Waals surface area contributed by atoms with E-state index >= 15 is 0 Å². The Hall–Kier alpha value is -3.00. The van der Waals surface area contributed by atoms with Crippen LogP contribution in [0, 0.1) is 0 Å². The van der Waals surface area contributed by atoms with E-state index in [-0.39, 0.29) is 36.5 Å². The van der Waals surface area contributed by atoms with Crippen molar-refractivity contribution in [1.82, 2.24) is 14.5 Å². The third-order valence-corrected chi connectivity index (χ3v) is 7.06. The number of piperidine rings is 1. The average Bonchev–Trinajstić information content (AvgIpc) is 2.77. The summed E-state index contributed by atoms with van der Waals surface area (Å²) in [7, 11) is 0. The molecule has 5 rings (SSSR count). The van der Waals surface area contributed by atoms with Gasteiger partial charge in [-0.2, -0.15) is 0 Å². The van der Waals surface area contributed by atoms with Crippen molar-refractivity contribution in [3.63, 3.8) is 0 Å². The number of hydrogen-bond acceptors (Lipinski definition) is 4. The first-order chi connectivity index (χ1) is 15.8. The van der Waals surface area contributed by atoms with Crippen LogP contribution >= 0.6 is 0 Å². The van der Waals surface area contributed by atoms with E-state index in [9.17, 15) is 18.4 Å². The molecule has 174 valence electrons. The van der Waals surface area contributed by atoms with Gasteiger partial charge in [-0.05, 0) is 42.2 Å². The number of likely N-dealkylation sites (tertiary alicyclic amines) is 1. The predicted molar refractivity (Wildman–Crippen MR) is 125 cm³/mol. The molecule has 2 aromatic carbocycles. The molecule has 6 nitrogen and oxygen atoms in total. The topological polar surface area (TPSA) is 70.1 Å². The number of aromatic nitrogens is 2. The molecule has 0 bridgehead atoms. The fourth-order valence-corrected chi connectivity index (χ4v) is 5.12. The highest BCUT2D eigenvalue weighted by Gasteiger charge is 2.48. The number of fused-ring (bicyclic) bond motifs is 1. The maximum atomic E-state index is 13.2. The Balaban J connectivity index is 1.27. The number of hydrogen-bond donors (Lipinski definition) is 2. The first-order valence-corrected chi connectivity index (χ1v) is 11.5. The van der Waals surface area contributed by atoms with Crippen molar-refractivity contribution in [2.75, 3.05) is 18.4 Å². The molecule has 3 aromatic rings. The van der Waals surface area contributed by atoms with Crippen molar-refractivity contribution in [1.29, 1.82) is 0 Å². The summed E-state index contributed by atoms with van der Waals surface area (Å²) >= 11 is 0. The summed E-state index contributed by atoms with van der Waals surface area (Å²) in [4.78, 5) is 30.5. The molecule has 1 saturated heterocycles. The molecule has 1 saturated carbocycles. The molecular weight excluding hydrogens is 426 g/mol. The average molecular weight is 455 g/mol. The molecule has 1 aliphatic heterocycles. The number of rotatable bonds is 5. The van der Waals surface area contributed by atoms with E-state index in [1.807, 2.05) is 25.1 Å². The quantitative estimate of drug-likeness (QED) is 0.603. The Morgan fingerprint density at radius 1 is 1.00 bits per heavy atom. The Bertz CT molecular complexity index is 1240. The van der Waals surface area contributed by atoms with Crippen molar-refractivity contribution in [2.45, 2.75) is 56.7 Å². The first kappa shape index (κ1) is 21.8. The van der Waals surface area contributed by atoms with Crippen LogP contribution in [-0.2, 0) is 0 Å². The van der Waals surface area contributed by atoms with Crippen LogP contribution in [0.1, 0.15) is 50.3 Å². The standard InChI is InChI=1S/C25H28F2N4O2/c1-16(18-7-6-17-4-2-3-5-19(17)12-18)28-22-13-23(32)31(24(33)29-22)20-8-10-30(11-9-20)21-14-25(26,27)15-21/h2-7,12-13,16,20-21,28H,8-11,14-15H2,1H3,(H,29,33)/t16-/m0/s1. The highest BCUT2D eigenvalue weighted by Crippen LogP contribution is 2.41. The molecule has 33 heavy (non-hydrogen) atoms. The first-order valence-electron chi connectivity index (χ1n) is 11.5. The summed E-state index contributed by atoms with van der Waals surface area (Å²) in [6.45, 7) is 3.22. The van der Waals surface area contributed by atoms with Gasteiger partial charge in [0.15, 0.2) is 0 Å². The molecule has 1 aromatic heterocycles. The number of anilines is 1. The molecule has 0 spiro atoms. The van der Waals surface area contributed by atoms with Crippen LogP contribution in [0.15, 0.2) is 58.1 Å². The fraction of sp³-hybridized carbons (Fsp3) is 0.440. The van der Waals surface area contributed by atoms with Gasteiger partial charge in [-0.1, -0.05) is 36.4 Å². The van der Waals surface area contributed by atoms with Gasteiger partial charge in [-0.25, -0.2) is 13.6 Å². The monoisotopic (exact) mass is 454 g/mol. The van der Waals surface area contributed by atoms with Crippen LogP contribution in [0.5, 0.6) is 0 Å². The Morgan fingerprint density at radius 3 is 2.36 bits per heavy atom. The van der Waals surface area contributed by atoms with E-state index in [4.69, 9.17) is 0 Å². The van der Waals surface area contributed by atoms with Crippen molar-refractivity contribution in [3.8, 4) is 0 Å². The smallest absolute Gasteiger partial charge is 0.330 e. The molecule has 2 aliphatic rings. The van der Waals surface area contributed by atoms with Gasteiger partial charge in [-0.15, -0.1) is 0 Å². The fourth-order valence-electron chi connectivity index (χ4n) is 5.12. The van der Waals surface area contributed by atoms with Gasteiger partial charge in [0.2, 0.25) is 0 Å². The zero-order valence-electron chi connectivity index (χ0n) is 18.6. The summed E-state index contributed by atoms with van der Waals surface area (Å²) in [5.74, 6) is -2.15. The van der Waals surface area contributed by atoms with Crippen molar-refractivity contribution in [3.05, 3.63) is 74.9 Å². The number of aromatic amines is 1. The summed E-state index contributed by atoms with van der Waals surface area (Å²) in [6.07, 6.45) is 1.03. The van der Waals surface area contributed by atoms with Crippen molar-refractivity contribution in [2.24, 2.45) is 0 Å². The summed E-state index contributed by atoms with van der Waals surface area (Å²) in [5.41, 5.74) is 0.262. The molecule has 2 N–H and O–H groups in total. The zero-order chi connectivity index (χ0) is 23.2. The maximum absolute atomic E-state index is 13.2. The van der Waals surface area contributed by atoms with Gasteiger partial charge >= 0.3 is 5.69 Å². The van der Waals surface area contributed by atoms with Gasteiger partial charge in [-0.3, -0.25) is 19.2 Å². The third kappa shape index (κ3) is 4.44. The zero-order valence-corrected chi connectivity index (χ0v) is 18.6. The molecular formula is C25H28F2N4O2. The minimum absolute atomic E-state index is 0.0841. The lowest BCUT2D eigenvalue weighted by atomic mass is 9.85. The SMILES string of the molecule is C[C@H](Nc1cc(=O)n(C2CCN(C3CC(F)(F)C3)CC2)c(=O)[nH]1)c1ccc2ccccc2c1. The van der Waals surface area contributed by atoms with Gasteiger partial charge in [0, 0.05) is 50.1 Å². The highest BCUT2D eigenvalue weighted by atomic mass is 19.3. The third-order valence-electron chi connectivity index (χ3n) is 7.06. The van der Waals surface area contributed by atoms with E-state index in [0.29, 0.717) is 31.7 Å². The Kier molecular flexibility index (Phi) is 5.56. The number of nitrogens with one attached hydrogen (secondary N) is 2. The molecule has 0 amide bonds. The molecule has 2 heterocycles. The van der Waals surface area contributed by atoms with Crippen LogP contribution in [0.2, 0.25) is 0 Å². The number of nitrogens with zero attached hydrogens (tertiary/aromatic N) is 2. The predicted octanol–water partition coefficient (Wildman–Crippen LogP) is 4.30. The Morgan fingerprint density at radius 2 is 1.70 bits per heavy atom. The molecule has 0 radical (unpaired) electrons. The number of H-pyrrole nitrogens is 1. The van der Waals surface area contributed by atoms with E-state index in [1.54, 1.807) is 0 Å². The van der Waals surface area contributed by atoms with E-state index in [1.165, 1.54) is 10.6 Å². The molecule has 1 atom stereocenters. The second-order valence-electron chi connectivity index (χ2n) is 9.35. The van der Waals surface area contributed by atoms with Gasteiger partial charge in [0.25, 0.3) is 11.5 Å². The van der Waals surface area contributed by atoms with E-state index in [2.05, 4.69) is 39.5 Å². The largest absolute Gasteiger partial charge is 0.365 e. The molecule has 8 heteroatoms. The van der Waals surface area contributed by atoms with E-state index < -0.39 is 11.6 Å². The van der Waals surface area contributed by atoms with Gasteiger partial charge in [0.05, 0.1) is 0 Å². The van der Waals surface area contributed by atoms with Crippen molar-refractivity contribution < 1.29 is 8.78 Å². The molecule has 0 unspecified atom stereocenters. The van der Waals surface area contributed by atoms with Crippen LogP contribution in [0.25, 0.3) is 10.8 Å². The van der Waals surface area contributed by atoms with Crippen LogP contribution in [0.4, 0.5) is 14.6 Å². The highest BCUT2D eigenvalue weighted by molar-refractivity contribution is 5.83. The lowest BCUT2D eigenvalue weighted by Gasteiger charge is -2.45. The van der Waals surface area contributed by atoms with E-state index in [0.717, 1.165) is 16.3 Å². The summed E-state index contributed by atoms with van der Waals surface area (Å²) in [5, 5.41) is 5.51. The minimum Gasteiger partial charge on any atom is -0.365 e. The minimum atomic E-state index is -2.54. The molecule has 2 fully saturated rings. The summed E-state index contributed by atoms with van der Waals surface area (Å²) in [6, 6.07) is 15.3. The molecule has 1 aliphatic carbocycles. The lowest BCUT2D eigenvalue weighted by Crippen LogP contribution is -2.54. The number of benzene rings is 2. The van der Waals surface area contributed by atoms with Gasteiger partial charge in [0.1, 0.15) is 5.82 Å². The van der Waals surface area contributed by atoms with Gasteiger partial charge < -0.3 is 5.32 Å².